The van der Waals surface area contributed by atoms with Gasteiger partial charge in [-0.25, -0.2) is 0 Å². The summed E-state index contributed by atoms with van der Waals surface area (Å²) in [6.45, 7) is 0. The Morgan fingerprint density at radius 3 is 0.268 bits per heavy atom. The summed E-state index contributed by atoms with van der Waals surface area (Å²) in [6, 6.07) is 0. The fraction of sp³-hybridized carbons (Fsp3) is 1.00. The molecule has 0 radical (unpaired) electrons. The molecule has 0 unspecified atom stereocenters. The number of hydrogen-bond donors (Lipinski definition) is 4. The summed E-state index contributed by atoms with van der Waals surface area (Å²) in [6.07, 6.45) is -62.0. The molecular weight excluding hydrogens is 712 g/mol. The molecule has 29 heteroatoms. The summed E-state index contributed by atoms with van der Waals surface area (Å²) >= 11 is 0. The van der Waals surface area contributed by atoms with E-state index in [-0.39, 0.29) is 21.7 Å². The number of rotatable bonds is 0. The van der Waals surface area contributed by atoms with Gasteiger partial charge in [0.05, 0.1) is 0 Å². The monoisotopic (exact) mass is 720 g/mol. The molecule has 4 N–H and O–H groups in total. The van der Waals surface area contributed by atoms with E-state index in [1.165, 1.54) is 0 Å². The molecule has 0 aliphatic rings. The maximum atomic E-state index is 11.0. The van der Waals surface area contributed by atoms with Crippen molar-refractivity contribution in [2.24, 2.45) is 0 Å². The van der Waals surface area contributed by atoms with E-state index < -0.39 is 73.8 Å². The smallest absolute Gasteiger partial charge is 0.377 e. The van der Waals surface area contributed by atoms with Crippen molar-refractivity contribution in [3.8, 4) is 0 Å². The Hall–Kier alpha value is -1.13. The van der Waals surface area contributed by atoms with Crippen molar-refractivity contribution in [2.75, 3.05) is 0 Å². The fourth-order valence-electron chi connectivity index (χ4n) is 0.742. The van der Waals surface area contributed by atoms with Crippen molar-refractivity contribution < 1.29 is 148 Å². The van der Waals surface area contributed by atoms with Gasteiger partial charge in [-0.15, -0.1) is 0 Å². The number of halogens is 24. The van der Waals surface area contributed by atoms with E-state index in [1.54, 1.807) is 0 Å². The zero-order valence-electron chi connectivity index (χ0n) is 17.7. The van der Waals surface area contributed by atoms with Gasteiger partial charge in [0.1, 0.15) is 0 Å². The van der Waals surface area contributed by atoms with E-state index in [4.69, 9.17) is 20.4 Å². The quantitative estimate of drug-likeness (QED) is 0.186. The largest absolute Gasteiger partial charge is 0.423 e. The first-order valence-corrected chi connectivity index (χ1v) is 7.88. The molecule has 0 aromatic rings. The van der Waals surface area contributed by atoms with Crippen LogP contribution in [0.15, 0.2) is 0 Å². The first kappa shape index (κ1) is 49.5. The van der Waals surface area contributed by atoms with Crippen LogP contribution < -0.4 is 0 Å². The van der Waals surface area contributed by atoms with Crippen LogP contribution in [-0.4, -0.2) is 94.3 Å². The SMILES string of the molecule is OC(C(F)(F)F)C(F)(F)F.OC(C(F)(F)F)C(F)(F)F.OC(C(F)(F)F)C(F)(F)F.OC(C(F)(F)F)C(F)(F)F.[Ti]. The average molecular weight is 720 g/mol. The third-order valence-corrected chi connectivity index (χ3v) is 2.48. The van der Waals surface area contributed by atoms with Gasteiger partial charge in [-0.1, -0.05) is 0 Å². The molecule has 0 fully saturated rings. The Labute approximate surface area is 222 Å². The van der Waals surface area contributed by atoms with Gasteiger partial charge in [0.15, 0.2) is 0 Å². The summed E-state index contributed by atoms with van der Waals surface area (Å²) in [5, 5.41) is 29.9. The van der Waals surface area contributed by atoms with E-state index in [1.807, 2.05) is 0 Å². The molecule has 0 bridgehead atoms. The second-order valence-corrected chi connectivity index (χ2v) is 5.94. The molecule has 0 aliphatic heterocycles. The third-order valence-electron chi connectivity index (χ3n) is 2.48. The number of aliphatic hydroxyl groups excluding tert-OH is 4. The molecule has 252 valence electrons. The summed E-state index contributed by atoms with van der Waals surface area (Å²) in [4.78, 5) is 0. The van der Waals surface area contributed by atoms with Gasteiger partial charge in [0.2, 0.25) is 24.4 Å². The van der Waals surface area contributed by atoms with Crippen LogP contribution in [0.3, 0.4) is 0 Å². The maximum absolute atomic E-state index is 11.0. The van der Waals surface area contributed by atoms with E-state index in [0.717, 1.165) is 0 Å². The van der Waals surface area contributed by atoms with E-state index in [9.17, 15) is 105 Å². The molecule has 0 aliphatic carbocycles. The summed E-state index contributed by atoms with van der Waals surface area (Å²) in [5.41, 5.74) is 0. The summed E-state index contributed by atoms with van der Waals surface area (Å²) < 4.78 is 263. The fourth-order valence-corrected chi connectivity index (χ4v) is 0.742. The molecule has 4 nitrogen and oxygen atoms in total. The molecule has 0 aromatic heterocycles. The second-order valence-electron chi connectivity index (χ2n) is 5.94. The molecule has 0 saturated carbocycles. The van der Waals surface area contributed by atoms with Gasteiger partial charge < -0.3 is 20.4 Å². The molecule has 0 heterocycles. The minimum Gasteiger partial charge on any atom is -0.377 e. The Morgan fingerprint density at radius 1 is 0.220 bits per heavy atom. The molecule has 0 rings (SSSR count). The van der Waals surface area contributed by atoms with E-state index in [0.29, 0.717) is 0 Å². The van der Waals surface area contributed by atoms with Crippen molar-refractivity contribution in [1.82, 2.24) is 0 Å². The van der Waals surface area contributed by atoms with Crippen molar-refractivity contribution in [3.63, 3.8) is 0 Å². The van der Waals surface area contributed by atoms with Crippen molar-refractivity contribution in [3.05, 3.63) is 0 Å². The van der Waals surface area contributed by atoms with Crippen LogP contribution in [0.1, 0.15) is 0 Å². The minimum absolute atomic E-state index is 0. The van der Waals surface area contributed by atoms with Crippen LogP contribution in [0, 0.1) is 0 Å². The molecule has 0 spiro atoms. The normalized spacial score (nSPS) is 14.0. The molecule has 0 atom stereocenters. The van der Waals surface area contributed by atoms with Crippen LogP contribution in [0.25, 0.3) is 0 Å². The van der Waals surface area contributed by atoms with Crippen LogP contribution in [0.2, 0.25) is 0 Å². The van der Waals surface area contributed by atoms with Gasteiger partial charge in [-0.2, -0.15) is 105 Å². The van der Waals surface area contributed by atoms with Crippen molar-refractivity contribution in [2.45, 2.75) is 73.8 Å². The van der Waals surface area contributed by atoms with Gasteiger partial charge in [0.25, 0.3) is 0 Å². The minimum atomic E-state index is -5.63. The first-order valence-electron chi connectivity index (χ1n) is 7.88. The van der Waals surface area contributed by atoms with Gasteiger partial charge in [-0.05, 0) is 0 Å². The van der Waals surface area contributed by atoms with Crippen LogP contribution >= 0.6 is 0 Å². The predicted molar refractivity (Wildman–Crippen MR) is 72.5 cm³/mol. The summed E-state index contributed by atoms with van der Waals surface area (Å²) in [5.74, 6) is 0. The topological polar surface area (TPSA) is 80.9 Å². The van der Waals surface area contributed by atoms with Crippen molar-refractivity contribution >= 4 is 0 Å². The third kappa shape index (κ3) is 24.1. The molecular formula is C12H8F24O4Ti. The molecule has 0 aromatic carbocycles. The zero-order valence-corrected chi connectivity index (χ0v) is 19.2. The standard InChI is InChI=1S/4C3H2F6O.Ti/c4*4-2(5,6)1(10)3(7,8)9;/h4*1,10H;. The average Bonchev–Trinajstić information content (AvgIpc) is 2.61. The van der Waals surface area contributed by atoms with E-state index in [2.05, 4.69) is 0 Å². The second kappa shape index (κ2) is 16.1. The van der Waals surface area contributed by atoms with Gasteiger partial charge >= 0.3 is 49.4 Å². The van der Waals surface area contributed by atoms with Gasteiger partial charge in [0, 0.05) is 21.7 Å². The number of aliphatic hydroxyl groups is 4. The maximum Gasteiger partial charge on any atom is 0.423 e. The van der Waals surface area contributed by atoms with Gasteiger partial charge in [-0.3, -0.25) is 0 Å². The molecule has 0 amide bonds. The Balaban J connectivity index is -0.000000139. The Morgan fingerprint density at radius 2 is 0.268 bits per heavy atom. The van der Waals surface area contributed by atoms with E-state index >= 15 is 0 Å². The Bertz CT molecular complexity index is 515. The first-order chi connectivity index (χ1) is 16.6. The summed E-state index contributed by atoms with van der Waals surface area (Å²) in [7, 11) is 0. The van der Waals surface area contributed by atoms with Crippen LogP contribution in [0.4, 0.5) is 105 Å². The number of alkyl halides is 24. The zero-order chi connectivity index (χ0) is 34.3. The predicted octanol–water partition coefficient (Wildman–Crippen LogP) is 5.89. The Kier molecular flexibility index (Phi) is 19.4. The number of hydrogen-bond acceptors (Lipinski definition) is 4. The molecule has 41 heavy (non-hydrogen) atoms. The van der Waals surface area contributed by atoms with Crippen molar-refractivity contribution in [1.29, 1.82) is 0 Å². The van der Waals surface area contributed by atoms with Crippen LogP contribution in [0.5, 0.6) is 0 Å². The molecule has 0 saturated heterocycles. The van der Waals surface area contributed by atoms with Crippen LogP contribution in [-0.2, 0) is 21.7 Å².